The second kappa shape index (κ2) is 7.15. The molecule has 1 saturated carbocycles. The number of anilines is 1. The third-order valence-electron chi connectivity index (χ3n) is 5.47. The summed E-state index contributed by atoms with van der Waals surface area (Å²) in [5.74, 6) is 2.54. The van der Waals surface area contributed by atoms with Crippen molar-refractivity contribution in [3.05, 3.63) is 16.8 Å². The van der Waals surface area contributed by atoms with Crippen LogP contribution in [0.5, 0.6) is 0 Å². The Morgan fingerprint density at radius 2 is 2.10 bits per heavy atom. The lowest BCUT2D eigenvalue weighted by Crippen LogP contribution is -2.51. The van der Waals surface area contributed by atoms with Crippen molar-refractivity contribution in [3.63, 3.8) is 0 Å². The molecule has 1 aromatic heterocycles. The van der Waals surface area contributed by atoms with Crippen molar-refractivity contribution in [2.45, 2.75) is 52.0 Å². The van der Waals surface area contributed by atoms with Crippen LogP contribution in [0.2, 0.25) is 0 Å². The molecule has 1 aliphatic carbocycles. The summed E-state index contributed by atoms with van der Waals surface area (Å²) in [5.41, 5.74) is 1.43. The second-order valence-electron chi connectivity index (χ2n) is 7.38. The first-order valence-electron chi connectivity index (χ1n) is 8.73. The van der Waals surface area contributed by atoms with E-state index in [1.165, 1.54) is 57.4 Å². The van der Waals surface area contributed by atoms with Gasteiger partial charge >= 0.3 is 0 Å². The summed E-state index contributed by atoms with van der Waals surface area (Å²) >= 11 is 1.82. The minimum atomic E-state index is 0.673. The summed E-state index contributed by atoms with van der Waals surface area (Å²) in [4.78, 5) is 2.61. The normalized spacial score (nSPS) is 27.7. The van der Waals surface area contributed by atoms with Gasteiger partial charge in [0.25, 0.3) is 0 Å². The zero-order valence-corrected chi connectivity index (χ0v) is 14.4. The Balaban J connectivity index is 1.59. The van der Waals surface area contributed by atoms with E-state index in [4.69, 9.17) is 0 Å². The largest absolute Gasteiger partial charge is 0.369 e. The van der Waals surface area contributed by atoms with Gasteiger partial charge in [-0.2, -0.15) is 11.3 Å². The van der Waals surface area contributed by atoms with Crippen molar-refractivity contribution in [1.82, 2.24) is 5.32 Å². The van der Waals surface area contributed by atoms with Crippen LogP contribution in [-0.4, -0.2) is 25.7 Å². The molecular formula is C18H30N2S. The molecule has 2 aliphatic rings. The van der Waals surface area contributed by atoms with Gasteiger partial charge in [0, 0.05) is 30.2 Å². The molecular weight excluding hydrogens is 276 g/mol. The van der Waals surface area contributed by atoms with Crippen LogP contribution in [-0.2, 0) is 0 Å². The van der Waals surface area contributed by atoms with Crippen LogP contribution in [0, 0.1) is 17.8 Å². The van der Waals surface area contributed by atoms with Crippen LogP contribution in [0.25, 0.3) is 0 Å². The van der Waals surface area contributed by atoms with Gasteiger partial charge in [0.1, 0.15) is 0 Å². The predicted molar refractivity (Wildman–Crippen MR) is 93.2 cm³/mol. The smallest absolute Gasteiger partial charge is 0.0475 e. The fourth-order valence-corrected chi connectivity index (χ4v) is 4.63. The van der Waals surface area contributed by atoms with E-state index in [0.717, 1.165) is 17.8 Å². The number of rotatable bonds is 5. The predicted octanol–water partition coefficient (Wildman–Crippen LogP) is 4.38. The maximum absolute atomic E-state index is 3.90. The van der Waals surface area contributed by atoms with Crippen molar-refractivity contribution < 1.29 is 0 Å². The third kappa shape index (κ3) is 4.01. The molecule has 0 aromatic carbocycles. The Kier molecular flexibility index (Phi) is 5.23. The molecule has 2 heterocycles. The van der Waals surface area contributed by atoms with E-state index < -0.39 is 0 Å². The molecule has 3 heteroatoms. The molecule has 1 aromatic rings. The average Bonchev–Trinajstić information content (AvgIpc) is 3.18. The van der Waals surface area contributed by atoms with Gasteiger partial charge in [0.15, 0.2) is 0 Å². The lowest BCUT2D eigenvalue weighted by Gasteiger charge is -2.41. The number of thiophene rings is 1. The Bertz CT molecular complexity index is 409. The highest BCUT2D eigenvalue weighted by Crippen LogP contribution is 2.30. The first kappa shape index (κ1) is 15.4. The lowest BCUT2D eigenvalue weighted by atomic mass is 9.85. The summed E-state index contributed by atoms with van der Waals surface area (Å²) in [6.07, 6.45) is 7.15. The number of hydrogen-bond donors (Lipinski definition) is 1. The molecule has 2 unspecified atom stereocenters. The van der Waals surface area contributed by atoms with Crippen molar-refractivity contribution >= 4 is 17.0 Å². The van der Waals surface area contributed by atoms with E-state index in [0.29, 0.717) is 6.04 Å². The third-order valence-corrected chi connectivity index (χ3v) is 6.14. The van der Waals surface area contributed by atoms with E-state index in [-0.39, 0.29) is 0 Å². The van der Waals surface area contributed by atoms with Gasteiger partial charge in [-0.1, -0.05) is 26.7 Å². The van der Waals surface area contributed by atoms with Crippen LogP contribution < -0.4 is 10.2 Å². The zero-order valence-electron chi connectivity index (χ0n) is 13.6. The molecule has 2 atom stereocenters. The van der Waals surface area contributed by atoms with Crippen molar-refractivity contribution in [2.75, 3.05) is 24.5 Å². The highest BCUT2D eigenvalue weighted by Gasteiger charge is 2.29. The molecule has 1 aliphatic heterocycles. The topological polar surface area (TPSA) is 15.3 Å². The number of piperidine rings is 1. The van der Waals surface area contributed by atoms with Gasteiger partial charge in [-0.05, 0) is 55.0 Å². The van der Waals surface area contributed by atoms with Crippen LogP contribution >= 0.6 is 11.3 Å². The van der Waals surface area contributed by atoms with E-state index in [1.54, 1.807) is 0 Å². The van der Waals surface area contributed by atoms with Crippen LogP contribution in [0.15, 0.2) is 16.8 Å². The Hall–Kier alpha value is -0.540. The highest BCUT2D eigenvalue weighted by atomic mass is 32.1. The molecule has 21 heavy (non-hydrogen) atoms. The lowest BCUT2D eigenvalue weighted by molar-refractivity contribution is 0.265. The van der Waals surface area contributed by atoms with Crippen molar-refractivity contribution in [3.8, 4) is 0 Å². The molecule has 0 amide bonds. The van der Waals surface area contributed by atoms with Crippen molar-refractivity contribution in [2.24, 2.45) is 17.8 Å². The standard InChI is InChI=1S/C18H30N2S/c1-14(2)16-9-17(19-10-15-5-3-4-6-15)12-20(11-16)18-7-8-21-13-18/h7-8,13-17,19H,3-6,9-12H2,1-2H3. The van der Waals surface area contributed by atoms with Crippen LogP contribution in [0.1, 0.15) is 46.0 Å². The minimum absolute atomic E-state index is 0.673. The molecule has 1 saturated heterocycles. The molecule has 0 spiro atoms. The summed E-state index contributed by atoms with van der Waals surface area (Å²) in [5, 5.41) is 8.41. The van der Waals surface area contributed by atoms with Gasteiger partial charge < -0.3 is 10.2 Å². The molecule has 3 rings (SSSR count). The quantitative estimate of drug-likeness (QED) is 0.868. The maximum atomic E-state index is 3.90. The fraction of sp³-hybridized carbons (Fsp3) is 0.778. The first-order valence-corrected chi connectivity index (χ1v) is 9.67. The number of nitrogens with one attached hydrogen (secondary N) is 1. The van der Waals surface area contributed by atoms with Gasteiger partial charge in [-0.15, -0.1) is 0 Å². The van der Waals surface area contributed by atoms with Gasteiger partial charge in [-0.25, -0.2) is 0 Å². The van der Waals surface area contributed by atoms with Gasteiger partial charge in [0.2, 0.25) is 0 Å². The Labute approximate surface area is 133 Å². The first-order chi connectivity index (χ1) is 10.2. The zero-order chi connectivity index (χ0) is 14.7. The molecule has 0 radical (unpaired) electrons. The SMILES string of the molecule is CC(C)C1CC(NCC2CCCC2)CN(c2ccsc2)C1. The average molecular weight is 307 g/mol. The minimum Gasteiger partial charge on any atom is -0.369 e. The summed E-state index contributed by atoms with van der Waals surface area (Å²) < 4.78 is 0. The summed E-state index contributed by atoms with van der Waals surface area (Å²) in [6, 6.07) is 2.95. The summed E-state index contributed by atoms with van der Waals surface area (Å²) in [7, 11) is 0. The Morgan fingerprint density at radius 3 is 2.76 bits per heavy atom. The molecule has 1 N–H and O–H groups in total. The van der Waals surface area contributed by atoms with E-state index in [2.05, 4.69) is 40.9 Å². The van der Waals surface area contributed by atoms with Gasteiger partial charge in [-0.3, -0.25) is 0 Å². The molecule has 0 bridgehead atoms. The van der Waals surface area contributed by atoms with E-state index in [1.807, 2.05) is 11.3 Å². The van der Waals surface area contributed by atoms with Crippen molar-refractivity contribution in [1.29, 1.82) is 0 Å². The maximum Gasteiger partial charge on any atom is 0.0475 e. The molecule has 118 valence electrons. The monoisotopic (exact) mass is 306 g/mol. The van der Waals surface area contributed by atoms with Crippen LogP contribution in [0.4, 0.5) is 5.69 Å². The molecule has 2 fully saturated rings. The summed E-state index contributed by atoms with van der Waals surface area (Å²) in [6.45, 7) is 8.43. The van der Waals surface area contributed by atoms with E-state index >= 15 is 0 Å². The Morgan fingerprint density at radius 1 is 1.29 bits per heavy atom. The van der Waals surface area contributed by atoms with Gasteiger partial charge in [0.05, 0.1) is 0 Å². The second-order valence-corrected chi connectivity index (χ2v) is 8.16. The molecule has 2 nitrogen and oxygen atoms in total. The highest BCUT2D eigenvalue weighted by molar-refractivity contribution is 7.08. The number of hydrogen-bond acceptors (Lipinski definition) is 3. The number of nitrogens with zero attached hydrogens (tertiary/aromatic N) is 1. The van der Waals surface area contributed by atoms with E-state index in [9.17, 15) is 0 Å². The fourth-order valence-electron chi connectivity index (χ4n) is 3.96. The van der Waals surface area contributed by atoms with Crippen LogP contribution in [0.3, 0.4) is 0 Å².